The van der Waals surface area contributed by atoms with E-state index in [9.17, 15) is 0 Å². The second-order valence-electron chi connectivity index (χ2n) is 5.90. The van der Waals surface area contributed by atoms with Crippen molar-refractivity contribution >= 4 is 0 Å². The predicted molar refractivity (Wildman–Crippen MR) is 70.6 cm³/mol. The molecule has 0 radical (unpaired) electrons. The summed E-state index contributed by atoms with van der Waals surface area (Å²) in [6, 6.07) is 0.213. The Morgan fingerprint density at radius 3 is 2.19 bits per heavy atom. The lowest BCUT2D eigenvalue weighted by Gasteiger charge is -2.36. The van der Waals surface area contributed by atoms with Crippen LogP contribution in [0, 0.1) is 11.3 Å². The van der Waals surface area contributed by atoms with Gasteiger partial charge < -0.3 is 15.4 Å². The Bertz CT molecular complexity index is 179. The Kier molecular flexibility index (Phi) is 7.20. The Balaban J connectivity index is 4.28. The summed E-state index contributed by atoms with van der Waals surface area (Å²) in [6.07, 6.45) is 0. The summed E-state index contributed by atoms with van der Waals surface area (Å²) in [4.78, 5) is 2.46. The lowest BCUT2D eigenvalue weighted by Crippen LogP contribution is -2.46. The number of hydrogen-bond acceptors (Lipinski definition) is 3. The number of nitrogens with zero attached hydrogens (tertiary/aromatic N) is 1. The van der Waals surface area contributed by atoms with E-state index in [1.54, 1.807) is 7.11 Å². The van der Waals surface area contributed by atoms with Gasteiger partial charge in [-0.1, -0.05) is 27.7 Å². The Labute approximate surface area is 101 Å². The summed E-state index contributed by atoms with van der Waals surface area (Å²) in [5.41, 5.74) is 6.18. The first kappa shape index (κ1) is 15.9. The summed E-state index contributed by atoms with van der Waals surface area (Å²) in [5, 5.41) is 0. The van der Waals surface area contributed by atoms with Crippen LogP contribution >= 0.6 is 0 Å². The lowest BCUT2D eigenvalue weighted by atomic mass is 9.85. The van der Waals surface area contributed by atoms with Crippen LogP contribution in [0.1, 0.15) is 34.6 Å². The van der Waals surface area contributed by atoms with E-state index in [1.165, 1.54) is 0 Å². The number of methoxy groups -OCH3 is 1. The maximum Gasteiger partial charge on any atom is 0.0589 e. The van der Waals surface area contributed by atoms with E-state index >= 15 is 0 Å². The molecule has 0 spiro atoms. The third-order valence-corrected chi connectivity index (χ3v) is 3.10. The van der Waals surface area contributed by atoms with Crippen LogP contribution in [0.2, 0.25) is 0 Å². The average molecular weight is 230 g/mol. The molecule has 0 aromatic rings. The first-order valence-corrected chi connectivity index (χ1v) is 6.26. The van der Waals surface area contributed by atoms with Crippen molar-refractivity contribution in [2.45, 2.75) is 40.7 Å². The average Bonchev–Trinajstić information content (AvgIpc) is 2.12. The van der Waals surface area contributed by atoms with Crippen molar-refractivity contribution in [2.75, 3.05) is 33.4 Å². The van der Waals surface area contributed by atoms with Crippen LogP contribution in [0.4, 0.5) is 0 Å². The number of nitrogens with two attached hydrogens (primary N) is 1. The number of hydrogen-bond donors (Lipinski definition) is 1. The van der Waals surface area contributed by atoms with Gasteiger partial charge in [-0.05, 0) is 18.3 Å². The molecular weight excluding hydrogens is 200 g/mol. The van der Waals surface area contributed by atoms with E-state index in [4.69, 9.17) is 10.5 Å². The molecule has 0 saturated heterocycles. The highest BCUT2D eigenvalue weighted by Crippen LogP contribution is 2.21. The molecule has 3 nitrogen and oxygen atoms in total. The van der Waals surface area contributed by atoms with Gasteiger partial charge in [0.1, 0.15) is 0 Å². The van der Waals surface area contributed by atoms with Gasteiger partial charge in [0, 0.05) is 32.8 Å². The Hall–Kier alpha value is -0.120. The van der Waals surface area contributed by atoms with Crippen molar-refractivity contribution in [1.29, 1.82) is 0 Å². The van der Waals surface area contributed by atoms with E-state index in [-0.39, 0.29) is 11.5 Å². The van der Waals surface area contributed by atoms with E-state index < -0.39 is 0 Å². The van der Waals surface area contributed by atoms with Gasteiger partial charge in [-0.3, -0.25) is 0 Å². The molecule has 1 unspecified atom stereocenters. The molecular formula is C13H30N2O. The van der Waals surface area contributed by atoms with Crippen molar-refractivity contribution in [3.8, 4) is 0 Å². The molecule has 1 atom stereocenters. The highest BCUT2D eigenvalue weighted by molar-refractivity contribution is 4.81. The fourth-order valence-corrected chi connectivity index (χ4v) is 1.69. The molecule has 0 saturated carbocycles. The summed E-state index contributed by atoms with van der Waals surface area (Å²) >= 11 is 0. The van der Waals surface area contributed by atoms with Gasteiger partial charge in [0.25, 0.3) is 0 Å². The van der Waals surface area contributed by atoms with Gasteiger partial charge in [0.05, 0.1) is 6.61 Å². The van der Waals surface area contributed by atoms with Crippen LogP contribution in [0.25, 0.3) is 0 Å². The molecule has 0 aliphatic carbocycles. The molecule has 0 rings (SSSR count). The highest BCUT2D eigenvalue weighted by atomic mass is 16.5. The second-order valence-corrected chi connectivity index (χ2v) is 5.90. The molecule has 16 heavy (non-hydrogen) atoms. The molecule has 0 heterocycles. The highest BCUT2D eigenvalue weighted by Gasteiger charge is 2.25. The van der Waals surface area contributed by atoms with Crippen molar-refractivity contribution < 1.29 is 4.74 Å². The third-order valence-electron chi connectivity index (χ3n) is 3.10. The lowest BCUT2D eigenvalue weighted by molar-refractivity contribution is 0.101. The first-order chi connectivity index (χ1) is 7.29. The van der Waals surface area contributed by atoms with E-state index in [2.05, 4.69) is 39.5 Å². The molecule has 0 amide bonds. The zero-order valence-corrected chi connectivity index (χ0v) is 11.9. The Morgan fingerprint density at radius 2 is 1.81 bits per heavy atom. The van der Waals surface area contributed by atoms with Crippen LogP contribution in [-0.4, -0.2) is 44.3 Å². The maximum absolute atomic E-state index is 6.02. The fraction of sp³-hybridized carbons (Fsp3) is 1.00. The van der Waals surface area contributed by atoms with Crippen LogP contribution in [0.3, 0.4) is 0 Å². The van der Waals surface area contributed by atoms with E-state index in [0.29, 0.717) is 5.92 Å². The summed E-state index contributed by atoms with van der Waals surface area (Å²) in [7, 11) is 1.75. The molecule has 2 N–H and O–H groups in total. The standard InChI is InChI=1S/C13H30N2O/c1-11(2)9-15(7-8-16-6)10-13(4,5)12(3)14/h11-12H,7-10,14H2,1-6H3. The predicted octanol–water partition coefficient (Wildman–Crippen LogP) is 1.96. The topological polar surface area (TPSA) is 38.5 Å². The molecule has 3 heteroatoms. The number of ether oxygens (including phenoxy) is 1. The van der Waals surface area contributed by atoms with Crippen LogP contribution in [0.15, 0.2) is 0 Å². The third kappa shape index (κ3) is 6.46. The van der Waals surface area contributed by atoms with Gasteiger partial charge in [-0.2, -0.15) is 0 Å². The molecule has 0 aromatic heterocycles. The van der Waals surface area contributed by atoms with Gasteiger partial charge >= 0.3 is 0 Å². The monoisotopic (exact) mass is 230 g/mol. The molecule has 0 bridgehead atoms. The fourth-order valence-electron chi connectivity index (χ4n) is 1.69. The van der Waals surface area contributed by atoms with Gasteiger partial charge in [0.15, 0.2) is 0 Å². The van der Waals surface area contributed by atoms with Gasteiger partial charge in [-0.15, -0.1) is 0 Å². The van der Waals surface area contributed by atoms with Crippen molar-refractivity contribution in [3.63, 3.8) is 0 Å². The smallest absolute Gasteiger partial charge is 0.0589 e. The molecule has 0 aliphatic rings. The zero-order valence-electron chi connectivity index (χ0n) is 11.9. The molecule has 0 aromatic carbocycles. The summed E-state index contributed by atoms with van der Waals surface area (Å²) in [6.45, 7) is 15.0. The summed E-state index contributed by atoms with van der Waals surface area (Å²) < 4.78 is 5.16. The summed E-state index contributed by atoms with van der Waals surface area (Å²) in [5.74, 6) is 0.681. The first-order valence-electron chi connectivity index (χ1n) is 6.26. The largest absolute Gasteiger partial charge is 0.383 e. The molecule has 98 valence electrons. The van der Waals surface area contributed by atoms with Crippen LogP contribution < -0.4 is 5.73 Å². The quantitative estimate of drug-likeness (QED) is 0.693. The second kappa shape index (κ2) is 7.25. The van der Waals surface area contributed by atoms with Crippen LogP contribution in [0.5, 0.6) is 0 Å². The maximum atomic E-state index is 6.02. The Morgan fingerprint density at radius 1 is 1.25 bits per heavy atom. The zero-order chi connectivity index (χ0) is 12.8. The van der Waals surface area contributed by atoms with Crippen molar-refractivity contribution in [2.24, 2.45) is 17.1 Å². The minimum atomic E-state index is 0.155. The normalized spacial score (nSPS) is 14.8. The van der Waals surface area contributed by atoms with Crippen molar-refractivity contribution in [1.82, 2.24) is 4.90 Å². The van der Waals surface area contributed by atoms with Crippen molar-refractivity contribution in [3.05, 3.63) is 0 Å². The van der Waals surface area contributed by atoms with Crippen LogP contribution in [-0.2, 0) is 4.74 Å². The van der Waals surface area contributed by atoms with E-state index in [1.807, 2.05) is 0 Å². The molecule has 0 fully saturated rings. The SMILES string of the molecule is COCCN(CC(C)C)CC(C)(C)C(C)N. The number of rotatable bonds is 8. The minimum absolute atomic E-state index is 0.155. The van der Waals surface area contributed by atoms with E-state index in [0.717, 1.165) is 26.2 Å². The van der Waals surface area contributed by atoms with Gasteiger partial charge in [-0.25, -0.2) is 0 Å². The van der Waals surface area contributed by atoms with Gasteiger partial charge in [0.2, 0.25) is 0 Å². The minimum Gasteiger partial charge on any atom is -0.383 e. The molecule has 0 aliphatic heterocycles.